The van der Waals surface area contributed by atoms with E-state index in [0.717, 1.165) is 29.9 Å². The van der Waals surface area contributed by atoms with Gasteiger partial charge in [-0.1, -0.05) is 6.92 Å². The molecule has 122 valence electrons. The van der Waals surface area contributed by atoms with Gasteiger partial charge in [-0.3, -0.25) is 9.78 Å². The second kappa shape index (κ2) is 7.23. The van der Waals surface area contributed by atoms with Crippen molar-refractivity contribution in [3.8, 4) is 0 Å². The average molecular weight is 330 g/mol. The SMILES string of the molecule is CC[C@H](c1ccncc1)N(CC)C(=O)c1cc2c(s1)CCOC2. The number of hydrogen-bond acceptors (Lipinski definition) is 4. The number of thiophene rings is 1. The summed E-state index contributed by atoms with van der Waals surface area (Å²) in [6, 6.07) is 6.10. The molecule has 1 aliphatic rings. The lowest BCUT2D eigenvalue weighted by molar-refractivity contribution is 0.0687. The topological polar surface area (TPSA) is 42.4 Å². The number of fused-ring (bicyclic) bond motifs is 1. The molecule has 0 aliphatic carbocycles. The fourth-order valence-corrected chi connectivity index (χ4v) is 4.23. The van der Waals surface area contributed by atoms with Crippen LogP contribution in [0.1, 0.15) is 52.0 Å². The summed E-state index contributed by atoms with van der Waals surface area (Å²) in [6.07, 6.45) is 5.38. The Kier molecular flexibility index (Phi) is 5.08. The highest BCUT2D eigenvalue weighted by Gasteiger charge is 2.26. The van der Waals surface area contributed by atoms with Gasteiger partial charge < -0.3 is 9.64 Å². The van der Waals surface area contributed by atoms with Crippen molar-refractivity contribution in [2.24, 2.45) is 0 Å². The molecule has 0 radical (unpaired) electrons. The first-order valence-corrected chi connectivity index (χ1v) is 8.96. The second-order valence-electron chi connectivity index (χ2n) is 5.66. The Labute approximate surface area is 141 Å². The van der Waals surface area contributed by atoms with Crippen LogP contribution in [0.4, 0.5) is 0 Å². The van der Waals surface area contributed by atoms with Gasteiger partial charge in [-0.25, -0.2) is 0 Å². The van der Waals surface area contributed by atoms with E-state index in [1.165, 1.54) is 10.4 Å². The van der Waals surface area contributed by atoms with Crippen LogP contribution in [0, 0.1) is 0 Å². The van der Waals surface area contributed by atoms with Gasteiger partial charge in [-0.15, -0.1) is 11.3 Å². The third-order valence-electron chi connectivity index (χ3n) is 4.29. The molecule has 2 aromatic rings. The van der Waals surface area contributed by atoms with E-state index < -0.39 is 0 Å². The summed E-state index contributed by atoms with van der Waals surface area (Å²) in [4.78, 5) is 21.2. The molecule has 1 atom stereocenters. The minimum Gasteiger partial charge on any atom is -0.376 e. The maximum Gasteiger partial charge on any atom is 0.264 e. The first-order valence-electron chi connectivity index (χ1n) is 8.14. The summed E-state index contributed by atoms with van der Waals surface area (Å²) in [7, 11) is 0. The third-order valence-corrected chi connectivity index (χ3v) is 5.52. The molecule has 1 amide bonds. The number of amides is 1. The van der Waals surface area contributed by atoms with Gasteiger partial charge in [0, 0.05) is 30.2 Å². The summed E-state index contributed by atoms with van der Waals surface area (Å²) >= 11 is 1.63. The van der Waals surface area contributed by atoms with Gasteiger partial charge in [0.05, 0.1) is 24.1 Å². The monoisotopic (exact) mass is 330 g/mol. The van der Waals surface area contributed by atoms with Crippen molar-refractivity contribution in [2.45, 2.75) is 39.3 Å². The van der Waals surface area contributed by atoms with Crippen LogP contribution in [-0.4, -0.2) is 28.9 Å². The van der Waals surface area contributed by atoms with Crippen molar-refractivity contribution in [2.75, 3.05) is 13.2 Å². The Morgan fingerprint density at radius 1 is 1.39 bits per heavy atom. The summed E-state index contributed by atoms with van der Waals surface area (Å²) < 4.78 is 5.49. The van der Waals surface area contributed by atoms with Crippen molar-refractivity contribution >= 4 is 17.2 Å². The number of hydrogen-bond donors (Lipinski definition) is 0. The van der Waals surface area contributed by atoms with Crippen LogP contribution in [0.5, 0.6) is 0 Å². The Morgan fingerprint density at radius 2 is 2.17 bits per heavy atom. The molecule has 2 aromatic heterocycles. The molecular weight excluding hydrogens is 308 g/mol. The average Bonchev–Trinajstić information content (AvgIpc) is 3.04. The molecule has 0 fully saturated rings. The van der Waals surface area contributed by atoms with Crippen molar-refractivity contribution in [3.63, 3.8) is 0 Å². The molecule has 3 rings (SSSR count). The van der Waals surface area contributed by atoms with Crippen molar-refractivity contribution < 1.29 is 9.53 Å². The van der Waals surface area contributed by atoms with Crippen LogP contribution >= 0.6 is 11.3 Å². The van der Waals surface area contributed by atoms with E-state index in [-0.39, 0.29) is 11.9 Å². The molecule has 5 heteroatoms. The van der Waals surface area contributed by atoms with Crippen molar-refractivity contribution in [3.05, 3.63) is 51.5 Å². The zero-order chi connectivity index (χ0) is 16.2. The molecule has 0 unspecified atom stereocenters. The van der Waals surface area contributed by atoms with Gasteiger partial charge in [-0.2, -0.15) is 0 Å². The zero-order valence-electron chi connectivity index (χ0n) is 13.6. The number of ether oxygens (including phenoxy) is 1. The maximum atomic E-state index is 13.0. The van der Waals surface area contributed by atoms with Gasteiger partial charge >= 0.3 is 0 Å². The fourth-order valence-electron chi connectivity index (χ4n) is 3.12. The lowest BCUT2D eigenvalue weighted by Gasteiger charge is -2.30. The van der Waals surface area contributed by atoms with E-state index in [2.05, 4.69) is 11.9 Å². The quantitative estimate of drug-likeness (QED) is 0.837. The Hall–Kier alpha value is -1.72. The number of aromatic nitrogens is 1. The number of carbonyl (C=O) groups is 1. The van der Waals surface area contributed by atoms with Gasteiger partial charge in [0.1, 0.15) is 0 Å². The smallest absolute Gasteiger partial charge is 0.264 e. The van der Waals surface area contributed by atoms with Gasteiger partial charge in [0.15, 0.2) is 0 Å². The van der Waals surface area contributed by atoms with Crippen LogP contribution in [0.15, 0.2) is 30.6 Å². The Morgan fingerprint density at radius 3 is 2.83 bits per heavy atom. The minimum atomic E-state index is 0.0888. The van der Waals surface area contributed by atoms with Crippen LogP contribution < -0.4 is 0 Å². The van der Waals surface area contributed by atoms with Gasteiger partial charge in [-0.05, 0) is 42.7 Å². The van der Waals surface area contributed by atoms with Crippen LogP contribution in [0.2, 0.25) is 0 Å². The van der Waals surface area contributed by atoms with E-state index in [4.69, 9.17) is 4.74 Å². The highest BCUT2D eigenvalue weighted by molar-refractivity contribution is 7.14. The predicted octanol–water partition coefficient (Wildman–Crippen LogP) is 3.83. The molecule has 3 heterocycles. The second-order valence-corrected chi connectivity index (χ2v) is 6.79. The first kappa shape index (κ1) is 16.1. The largest absolute Gasteiger partial charge is 0.376 e. The number of nitrogens with zero attached hydrogens (tertiary/aromatic N) is 2. The van der Waals surface area contributed by atoms with Crippen molar-refractivity contribution in [1.82, 2.24) is 9.88 Å². The normalized spacial score (nSPS) is 15.0. The highest BCUT2D eigenvalue weighted by Crippen LogP contribution is 2.31. The van der Waals surface area contributed by atoms with E-state index in [1.807, 2.05) is 30.0 Å². The summed E-state index contributed by atoms with van der Waals surface area (Å²) in [5, 5.41) is 0. The molecule has 1 aliphatic heterocycles. The lowest BCUT2D eigenvalue weighted by atomic mass is 10.0. The van der Waals surface area contributed by atoms with Crippen LogP contribution in [-0.2, 0) is 17.8 Å². The molecule has 0 saturated carbocycles. The third kappa shape index (κ3) is 3.31. The number of carbonyl (C=O) groups excluding carboxylic acids is 1. The maximum absolute atomic E-state index is 13.0. The molecule has 0 saturated heterocycles. The Bertz CT molecular complexity index is 645. The van der Waals surface area contributed by atoms with E-state index in [1.54, 1.807) is 23.7 Å². The molecule has 23 heavy (non-hydrogen) atoms. The Balaban J connectivity index is 1.87. The zero-order valence-corrected chi connectivity index (χ0v) is 14.4. The van der Waals surface area contributed by atoms with Gasteiger partial charge in [0.25, 0.3) is 5.91 Å². The highest BCUT2D eigenvalue weighted by atomic mass is 32.1. The molecular formula is C18H22N2O2S. The molecule has 0 spiro atoms. The summed E-state index contributed by atoms with van der Waals surface area (Å²) in [6.45, 7) is 6.24. The molecule has 4 nitrogen and oxygen atoms in total. The molecule has 0 N–H and O–H groups in total. The van der Waals surface area contributed by atoms with Crippen LogP contribution in [0.3, 0.4) is 0 Å². The minimum absolute atomic E-state index is 0.0888. The molecule has 0 aromatic carbocycles. The number of pyridine rings is 1. The van der Waals surface area contributed by atoms with E-state index in [0.29, 0.717) is 13.2 Å². The number of rotatable bonds is 5. The lowest BCUT2D eigenvalue weighted by Crippen LogP contribution is -2.34. The van der Waals surface area contributed by atoms with Crippen molar-refractivity contribution in [1.29, 1.82) is 0 Å². The predicted molar refractivity (Wildman–Crippen MR) is 91.7 cm³/mol. The van der Waals surface area contributed by atoms with Crippen LogP contribution in [0.25, 0.3) is 0 Å². The first-order chi connectivity index (χ1) is 11.2. The standard InChI is InChI=1S/C18H22N2O2S/c1-3-15(13-5-8-19-9-6-13)20(4-2)18(21)17-11-14-12-22-10-7-16(14)23-17/h5-6,8-9,11,15H,3-4,7,10,12H2,1-2H3/t15-/m1/s1. The molecule has 0 bridgehead atoms. The summed E-state index contributed by atoms with van der Waals surface area (Å²) in [5.74, 6) is 0.121. The summed E-state index contributed by atoms with van der Waals surface area (Å²) in [5.41, 5.74) is 2.32. The fraction of sp³-hybridized carbons (Fsp3) is 0.444. The van der Waals surface area contributed by atoms with E-state index >= 15 is 0 Å². The van der Waals surface area contributed by atoms with E-state index in [9.17, 15) is 4.79 Å². The van der Waals surface area contributed by atoms with Gasteiger partial charge in [0.2, 0.25) is 0 Å².